The van der Waals surface area contributed by atoms with Crippen molar-refractivity contribution in [2.75, 3.05) is 13.2 Å². The number of aliphatic hydroxyl groups is 2. The minimum absolute atomic E-state index is 0.358. The summed E-state index contributed by atoms with van der Waals surface area (Å²) in [5, 5.41) is 42.5. The van der Waals surface area contributed by atoms with Crippen LogP contribution in [0.25, 0.3) is 0 Å². The summed E-state index contributed by atoms with van der Waals surface area (Å²) in [6.07, 6.45) is -0.844. The van der Waals surface area contributed by atoms with Gasteiger partial charge in [0.05, 0.1) is 13.2 Å². The molecule has 0 radical (unpaired) electrons. The fraction of sp³-hybridized carbons (Fsp3) is 0.688. The number of nitrogens with two attached hydrogens (primary N) is 1. The van der Waals surface area contributed by atoms with E-state index < -0.39 is 79.4 Å². The number of rotatable bonds is 13. The number of aliphatic carboxylic acids is 2. The molecule has 0 aliphatic rings. The molecule has 0 fully saturated rings. The average Bonchev–Trinajstić information content (AvgIpc) is 2.65. The lowest BCUT2D eigenvalue weighted by molar-refractivity contribution is -0.143. The Labute approximate surface area is 166 Å². The fourth-order valence-corrected chi connectivity index (χ4v) is 2.13. The summed E-state index contributed by atoms with van der Waals surface area (Å²) in [6, 6.07) is -5.48. The summed E-state index contributed by atoms with van der Waals surface area (Å²) >= 11 is 0. The molecule has 0 heterocycles. The van der Waals surface area contributed by atoms with Crippen molar-refractivity contribution in [1.82, 2.24) is 16.0 Å². The molecule has 0 aromatic carbocycles. The van der Waals surface area contributed by atoms with Crippen LogP contribution in [-0.4, -0.2) is 87.5 Å². The highest BCUT2D eigenvalue weighted by atomic mass is 16.4. The van der Waals surface area contributed by atoms with Crippen molar-refractivity contribution in [2.24, 2.45) is 11.7 Å². The molecule has 166 valence electrons. The molecular formula is C16H28N4O9. The Kier molecular flexibility index (Phi) is 11.4. The Morgan fingerprint density at radius 3 is 1.79 bits per heavy atom. The van der Waals surface area contributed by atoms with Crippen molar-refractivity contribution < 1.29 is 44.4 Å². The van der Waals surface area contributed by atoms with Crippen LogP contribution in [0.5, 0.6) is 0 Å². The summed E-state index contributed by atoms with van der Waals surface area (Å²) in [4.78, 5) is 58.3. The maximum Gasteiger partial charge on any atom is 0.326 e. The molecule has 13 heteroatoms. The van der Waals surface area contributed by atoms with Gasteiger partial charge in [-0.05, 0) is 12.3 Å². The van der Waals surface area contributed by atoms with Crippen molar-refractivity contribution >= 4 is 29.7 Å². The number of carbonyl (C=O) groups is 5. The van der Waals surface area contributed by atoms with E-state index in [9.17, 15) is 29.1 Å². The van der Waals surface area contributed by atoms with E-state index in [0.29, 0.717) is 0 Å². The third-order valence-corrected chi connectivity index (χ3v) is 3.86. The summed E-state index contributed by atoms with van der Waals surface area (Å²) < 4.78 is 0. The lowest BCUT2D eigenvalue weighted by Crippen LogP contribution is -2.59. The Balaban J connectivity index is 5.16. The van der Waals surface area contributed by atoms with Gasteiger partial charge in [-0.2, -0.15) is 0 Å². The van der Waals surface area contributed by atoms with Crippen molar-refractivity contribution in [3.05, 3.63) is 0 Å². The van der Waals surface area contributed by atoms with E-state index in [0.717, 1.165) is 0 Å². The molecule has 0 rings (SSSR count). The van der Waals surface area contributed by atoms with Crippen LogP contribution in [0.2, 0.25) is 0 Å². The van der Waals surface area contributed by atoms with Gasteiger partial charge in [-0.3, -0.25) is 19.2 Å². The molecule has 3 amide bonds. The first kappa shape index (κ1) is 26.2. The lowest BCUT2D eigenvalue weighted by Gasteiger charge is -2.26. The van der Waals surface area contributed by atoms with Gasteiger partial charge >= 0.3 is 11.9 Å². The summed E-state index contributed by atoms with van der Waals surface area (Å²) in [5.41, 5.74) is 5.31. The van der Waals surface area contributed by atoms with Crippen LogP contribution in [-0.2, 0) is 24.0 Å². The predicted octanol–water partition coefficient (Wildman–Crippen LogP) is -3.64. The van der Waals surface area contributed by atoms with E-state index >= 15 is 0 Å². The van der Waals surface area contributed by atoms with Crippen molar-refractivity contribution in [3.8, 4) is 0 Å². The summed E-state index contributed by atoms with van der Waals surface area (Å²) in [6.45, 7) is 1.62. The SMILES string of the molecule is CC(C)C(NC(=O)C(CO)NC(=O)C(N)CO)C(=O)NC(CCC(=O)O)C(=O)O. The highest BCUT2D eigenvalue weighted by Gasteiger charge is 2.31. The van der Waals surface area contributed by atoms with Crippen LogP contribution in [0, 0.1) is 5.92 Å². The lowest BCUT2D eigenvalue weighted by atomic mass is 10.0. The van der Waals surface area contributed by atoms with Crippen LogP contribution in [0.15, 0.2) is 0 Å². The minimum atomic E-state index is -1.48. The third kappa shape index (κ3) is 9.32. The average molecular weight is 420 g/mol. The monoisotopic (exact) mass is 420 g/mol. The predicted molar refractivity (Wildman–Crippen MR) is 97.3 cm³/mol. The van der Waals surface area contributed by atoms with Gasteiger partial charge in [0.2, 0.25) is 17.7 Å². The van der Waals surface area contributed by atoms with Gasteiger partial charge in [-0.15, -0.1) is 0 Å². The molecule has 0 aromatic heterocycles. The highest BCUT2D eigenvalue weighted by Crippen LogP contribution is 2.06. The Hall–Kier alpha value is -2.77. The van der Waals surface area contributed by atoms with Crippen molar-refractivity contribution in [3.63, 3.8) is 0 Å². The van der Waals surface area contributed by atoms with Gasteiger partial charge in [-0.25, -0.2) is 4.79 Å². The van der Waals surface area contributed by atoms with Gasteiger partial charge in [0.1, 0.15) is 24.2 Å². The van der Waals surface area contributed by atoms with Crippen molar-refractivity contribution in [1.29, 1.82) is 0 Å². The van der Waals surface area contributed by atoms with Crippen LogP contribution >= 0.6 is 0 Å². The van der Waals surface area contributed by atoms with Gasteiger partial charge in [0, 0.05) is 6.42 Å². The number of hydrogen-bond acceptors (Lipinski definition) is 8. The number of carbonyl (C=O) groups excluding carboxylic acids is 3. The van der Waals surface area contributed by atoms with E-state index in [1.807, 2.05) is 0 Å². The standard InChI is InChI=1S/C16H28N4O9/c1-7(2)12(15(27)18-9(16(28)29)3-4-11(23)24)20-14(26)10(6-22)19-13(25)8(17)5-21/h7-10,12,21-22H,3-6,17H2,1-2H3,(H,18,27)(H,19,25)(H,20,26)(H,23,24)(H,28,29). The summed E-state index contributed by atoms with van der Waals surface area (Å²) in [5.74, 6) is -5.89. The van der Waals surface area contributed by atoms with Crippen LogP contribution in [0.3, 0.4) is 0 Å². The first-order chi connectivity index (χ1) is 13.4. The molecule has 0 bridgehead atoms. The molecule has 0 aliphatic heterocycles. The molecule has 13 nitrogen and oxygen atoms in total. The highest BCUT2D eigenvalue weighted by molar-refractivity contribution is 5.94. The second-order valence-corrected chi connectivity index (χ2v) is 6.59. The molecule has 4 unspecified atom stereocenters. The second kappa shape index (κ2) is 12.6. The van der Waals surface area contributed by atoms with Gasteiger partial charge in [0.15, 0.2) is 0 Å². The molecule has 0 spiro atoms. The van der Waals surface area contributed by atoms with Crippen LogP contribution in [0.4, 0.5) is 0 Å². The van der Waals surface area contributed by atoms with E-state index in [2.05, 4.69) is 16.0 Å². The number of carboxylic acids is 2. The topological polar surface area (TPSA) is 228 Å². The summed E-state index contributed by atoms with van der Waals surface area (Å²) in [7, 11) is 0. The third-order valence-electron chi connectivity index (χ3n) is 3.86. The molecule has 4 atom stereocenters. The van der Waals surface area contributed by atoms with Crippen molar-refractivity contribution in [2.45, 2.75) is 50.9 Å². The number of amides is 3. The van der Waals surface area contributed by atoms with Gasteiger partial charge in [0.25, 0.3) is 0 Å². The van der Waals surface area contributed by atoms with Crippen LogP contribution in [0.1, 0.15) is 26.7 Å². The van der Waals surface area contributed by atoms with E-state index in [1.54, 1.807) is 13.8 Å². The van der Waals surface area contributed by atoms with E-state index in [4.69, 9.17) is 21.1 Å². The maximum absolute atomic E-state index is 12.4. The Morgan fingerprint density at radius 2 is 1.38 bits per heavy atom. The molecule has 29 heavy (non-hydrogen) atoms. The fourth-order valence-electron chi connectivity index (χ4n) is 2.13. The molecule has 0 saturated heterocycles. The van der Waals surface area contributed by atoms with E-state index in [-0.39, 0.29) is 6.42 Å². The zero-order valence-electron chi connectivity index (χ0n) is 16.1. The zero-order chi connectivity index (χ0) is 22.7. The number of hydrogen-bond donors (Lipinski definition) is 8. The number of aliphatic hydroxyl groups excluding tert-OH is 2. The first-order valence-corrected chi connectivity index (χ1v) is 8.77. The molecule has 0 aliphatic carbocycles. The molecule has 0 aromatic rings. The van der Waals surface area contributed by atoms with Gasteiger partial charge in [-0.1, -0.05) is 13.8 Å². The Bertz CT molecular complexity index is 611. The Morgan fingerprint density at radius 1 is 0.828 bits per heavy atom. The molecule has 9 N–H and O–H groups in total. The first-order valence-electron chi connectivity index (χ1n) is 8.77. The number of carboxylic acid groups (broad SMARTS) is 2. The second-order valence-electron chi connectivity index (χ2n) is 6.59. The zero-order valence-corrected chi connectivity index (χ0v) is 16.1. The number of nitrogens with one attached hydrogen (secondary N) is 3. The van der Waals surface area contributed by atoms with Gasteiger partial charge < -0.3 is 42.1 Å². The largest absolute Gasteiger partial charge is 0.481 e. The smallest absolute Gasteiger partial charge is 0.326 e. The maximum atomic E-state index is 12.4. The van der Waals surface area contributed by atoms with E-state index in [1.165, 1.54) is 0 Å². The normalized spacial score (nSPS) is 15.0. The van der Waals surface area contributed by atoms with Crippen LogP contribution < -0.4 is 21.7 Å². The quantitative estimate of drug-likeness (QED) is 0.146. The molecule has 0 saturated carbocycles. The minimum Gasteiger partial charge on any atom is -0.481 e. The molecular weight excluding hydrogens is 392 g/mol.